The highest BCUT2D eigenvalue weighted by Crippen LogP contribution is 2.31. The first-order chi connectivity index (χ1) is 8.60. The molecular weight excluding hydrogens is 232 g/mol. The van der Waals surface area contributed by atoms with Gasteiger partial charge in [0.25, 0.3) is 0 Å². The summed E-state index contributed by atoms with van der Waals surface area (Å²) in [6.07, 6.45) is 2.51. The molecule has 1 N–H and O–H groups in total. The van der Waals surface area contributed by atoms with Crippen LogP contribution in [0.1, 0.15) is 30.0 Å². The van der Waals surface area contributed by atoms with E-state index in [0.29, 0.717) is 18.0 Å². The summed E-state index contributed by atoms with van der Waals surface area (Å²) in [5.41, 5.74) is 2.36. The van der Waals surface area contributed by atoms with Crippen molar-refractivity contribution in [1.29, 1.82) is 0 Å². The summed E-state index contributed by atoms with van der Waals surface area (Å²) < 4.78 is 8.71. The van der Waals surface area contributed by atoms with Gasteiger partial charge in [0.2, 0.25) is 0 Å². The second kappa shape index (κ2) is 4.81. The van der Waals surface area contributed by atoms with Crippen LogP contribution in [0.25, 0.3) is 0 Å². The van der Waals surface area contributed by atoms with E-state index >= 15 is 0 Å². The molecule has 0 aliphatic heterocycles. The summed E-state index contributed by atoms with van der Waals surface area (Å²) in [5.74, 6) is 0.590. The van der Waals surface area contributed by atoms with Crippen LogP contribution in [-0.2, 0) is 13.6 Å². The molecule has 6 nitrogen and oxygen atoms in total. The molecule has 0 amide bonds. The number of aromatic nitrogens is 4. The third kappa shape index (κ3) is 1.88. The number of ether oxygens (including phenoxy) is 1. The molecule has 2 rings (SSSR count). The Hall–Kier alpha value is -1.82. The smallest absolute Gasteiger partial charge is 0.163 e. The second-order valence-corrected chi connectivity index (χ2v) is 4.13. The first-order valence-electron chi connectivity index (χ1n) is 5.86. The molecule has 0 aromatic carbocycles. The van der Waals surface area contributed by atoms with Crippen LogP contribution in [0.2, 0.25) is 0 Å². The first kappa shape index (κ1) is 12.6. The van der Waals surface area contributed by atoms with Crippen molar-refractivity contribution in [2.24, 2.45) is 7.05 Å². The molecule has 0 bridgehead atoms. The maximum atomic E-state index is 10.5. The lowest BCUT2D eigenvalue weighted by atomic mass is 10.1. The first-order valence-corrected chi connectivity index (χ1v) is 5.86. The Morgan fingerprint density at radius 3 is 2.61 bits per heavy atom. The van der Waals surface area contributed by atoms with Gasteiger partial charge < -0.3 is 9.84 Å². The molecule has 1 unspecified atom stereocenters. The molecule has 0 aliphatic rings. The van der Waals surface area contributed by atoms with Gasteiger partial charge in [0, 0.05) is 24.8 Å². The van der Waals surface area contributed by atoms with Crippen molar-refractivity contribution in [3.05, 3.63) is 29.3 Å². The minimum Gasteiger partial charge on any atom is -0.493 e. The van der Waals surface area contributed by atoms with Gasteiger partial charge in [0.1, 0.15) is 11.8 Å². The zero-order valence-corrected chi connectivity index (χ0v) is 11.1. The van der Waals surface area contributed by atoms with Crippen molar-refractivity contribution in [2.75, 3.05) is 7.11 Å². The summed E-state index contributed by atoms with van der Waals surface area (Å²) in [5, 5.41) is 18.8. The zero-order chi connectivity index (χ0) is 13.3. The molecule has 2 heterocycles. The van der Waals surface area contributed by atoms with E-state index in [9.17, 15) is 5.11 Å². The van der Waals surface area contributed by atoms with Crippen LogP contribution in [0.3, 0.4) is 0 Å². The highest BCUT2D eigenvalue weighted by Gasteiger charge is 2.24. The van der Waals surface area contributed by atoms with Crippen LogP contribution in [0.4, 0.5) is 0 Å². The van der Waals surface area contributed by atoms with Gasteiger partial charge in [-0.05, 0) is 13.8 Å². The lowest BCUT2D eigenvalue weighted by molar-refractivity contribution is 0.201. The van der Waals surface area contributed by atoms with E-state index in [-0.39, 0.29) is 0 Å². The largest absolute Gasteiger partial charge is 0.493 e. The van der Waals surface area contributed by atoms with E-state index in [1.807, 2.05) is 20.9 Å². The number of aliphatic hydroxyl groups is 1. The van der Waals surface area contributed by atoms with Crippen LogP contribution in [0.15, 0.2) is 12.4 Å². The van der Waals surface area contributed by atoms with Crippen LogP contribution in [0.5, 0.6) is 5.75 Å². The Labute approximate surface area is 106 Å². The van der Waals surface area contributed by atoms with E-state index in [1.165, 1.54) is 0 Å². The fourth-order valence-corrected chi connectivity index (χ4v) is 1.99. The maximum Gasteiger partial charge on any atom is 0.163 e. The number of nitrogens with zero attached hydrogens (tertiary/aromatic N) is 4. The number of hydrogen-bond acceptors (Lipinski definition) is 4. The maximum absolute atomic E-state index is 10.5. The zero-order valence-electron chi connectivity index (χ0n) is 11.1. The average Bonchev–Trinajstić information content (AvgIpc) is 2.93. The lowest BCUT2D eigenvalue weighted by Gasteiger charge is -2.14. The van der Waals surface area contributed by atoms with Crippen molar-refractivity contribution in [2.45, 2.75) is 26.5 Å². The van der Waals surface area contributed by atoms with Gasteiger partial charge in [-0.25, -0.2) is 0 Å². The van der Waals surface area contributed by atoms with Crippen LogP contribution >= 0.6 is 0 Å². The highest BCUT2D eigenvalue weighted by atomic mass is 16.5. The number of aryl methyl sites for hydroxylation is 2. The standard InChI is InChI=1S/C12H18N4O2/c1-5-16-11(10(18-4)7-14-16)12(17)9-6-13-15(3)8(9)2/h6-7,12,17H,5H2,1-4H3. The molecule has 2 aromatic rings. The van der Waals surface area contributed by atoms with Crippen LogP contribution < -0.4 is 4.74 Å². The van der Waals surface area contributed by atoms with Crippen molar-refractivity contribution < 1.29 is 9.84 Å². The van der Waals surface area contributed by atoms with Crippen molar-refractivity contribution in [1.82, 2.24) is 19.6 Å². The second-order valence-electron chi connectivity index (χ2n) is 4.13. The Kier molecular flexibility index (Phi) is 3.38. The Morgan fingerprint density at radius 2 is 2.11 bits per heavy atom. The highest BCUT2D eigenvalue weighted by molar-refractivity contribution is 5.35. The van der Waals surface area contributed by atoms with Crippen LogP contribution in [0, 0.1) is 6.92 Å². The molecule has 6 heteroatoms. The quantitative estimate of drug-likeness (QED) is 0.880. The Balaban J connectivity index is 2.48. The molecular formula is C12H18N4O2. The minimum absolute atomic E-state index is 0.590. The van der Waals surface area contributed by atoms with Crippen LogP contribution in [-0.4, -0.2) is 31.8 Å². The van der Waals surface area contributed by atoms with Gasteiger partial charge in [0.15, 0.2) is 5.75 Å². The van der Waals surface area contributed by atoms with Crippen molar-refractivity contribution in [3.63, 3.8) is 0 Å². The fourth-order valence-electron chi connectivity index (χ4n) is 1.99. The molecule has 2 aromatic heterocycles. The molecule has 0 aliphatic carbocycles. The molecule has 0 spiro atoms. The van der Waals surface area contributed by atoms with E-state index in [4.69, 9.17) is 4.74 Å². The lowest BCUT2D eigenvalue weighted by Crippen LogP contribution is -2.11. The van der Waals surface area contributed by atoms with Crippen molar-refractivity contribution in [3.8, 4) is 5.75 Å². The summed E-state index contributed by atoms with van der Waals surface area (Å²) in [7, 11) is 3.42. The summed E-state index contributed by atoms with van der Waals surface area (Å²) >= 11 is 0. The molecule has 1 atom stereocenters. The van der Waals surface area contributed by atoms with E-state index in [2.05, 4.69) is 10.2 Å². The van der Waals surface area contributed by atoms with Gasteiger partial charge >= 0.3 is 0 Å². The third-order valence-corrected chi connectivity index (χ3v) is 3.19. The van der Waals surface area contributed by atoms with E-state index < -0.39 is 6.10 Å². The number of methoxy groups -OCH3 is 1. The predicted molar refractivity (Wildman–Crippen MR) is 66.5 cm³/mol. The average molecular weight is 250 g/mol. The summed E-state index contributed by atoms with van der Waals surface area (Å²) in [4.78, 5) is 0. The van der Waals surface area contributed by atoms with Gasteiger partial charge in [-0.15, -0.1) is 0 Å². The normalized spacial score (nSPS) is 12.7. The number of aliphatic hydroxyl groups excluding tert-OH is 1. The summed E-state index contributed by atoms with van der Waals surface area (Å²) in [6, 6.07) is 0. The monoisotopic (exact) mass is 250 g/mol. The predicted octanol–water partition coefficient (Wildman–Crippen LogP) is 1.04. The van der Waals surface area contributed by atoms with Crippen molar-refractivity contribution >= 4 is 0 Å². The van der Waals surface area contributed by atoms with Gasteiger partial charge in [-0.1, -0.05) is 0 Å². The molecule has 0 radical (unpaired) electrons. The minimum atomic E-state index is -0.781. The number of rotatable bonds is 4. The van der Waals surface area contributed by atoms with E-state index in [1.54, 1.807) is 28.9 Å². The SMILES string of the molecule is CCn1ncc(OC)c1C(O)c1cnn(C)c1C. The molecule has 0 saturated carbocycles. The molecule has 0 fully saturated rings. The van der Waals surface area contributed by atoms with Gasteiger partial charge in [0.05, 0.1) is 19.5 Å². The third-order valence-electron chi connectivity index (χ3n) is 3.19. The van der Waals surface area contributed by atoms with Gasteiger partial charge in [-0.2, -0.15) is 10.2 Å². The number of hydrogen-bond donors (Lipinski definition) is 1. The topological polar surface area (TPSA) is 65.1 Å². The van der Waals surface area contributed by atoms with E-state index in [0.717, 1.165) is 11.3 Å². The summed E-state index contributed by atoms with van der Waals surface area (Å²) in [6.45, 7) is 4.57. The Bertz CT molecular complexity index is 523. The molecule has 0 saturated heterocycles. The Morgan fingerprint density at radius 1 is 1.39 bits per heavy atom. The van der Waals surface area contributed by atoms with Gasteiger partial charge in [-0.3, -0.25) is 9.36 Å². The molecule has 98 valence electrons. The molecule has 18 heavy (non-hydrogen) atoms. The fraction of sp³-hybridized carbons (Fsp3) is 0.500.